The van der Waals surface area contributed by atoms with Gasteiger partial charge in [-0.2, -0.15) is 4.80 Å². The van der Waals surface area contributed by atoms with Crippen LogP contribution in [0.4, 0.5) is 5.69 Å². The molecule has 0 fully saturated rings. The van der Waals surface area contributed by atoms with Crippen LogP contribution in [0.15, 0.2) is 83.3 Å². The Hall–Kier alpha value is -3.90. The number of nitrogens with one attached hydrogen (secondary N) is 1. The number of anilines is 1. The Balaban J connectivity index is 1.36. The predicted molar refractivity (Wildman–Crippen MR) is 121 cm³/mol. The van der Waals surface area contributed by atoms with Crippen molar-refractivity contribution in [2.45, 2.75) is 6.92 Å². The molecular weight excluding hydrogens is 412 g/mol. The second-order valence-electron chi connectivity index (χ2n) is 7.15. The number of carbonyl (C=O) groups is 1. The molecule has 0 radical (unpaired) electrons. The Kier molecular flexibility index (Phi) is 4.76. The first-order chi connectivity index (χ1) is 15.0. The summed E-state index contributed by atoms with van der Waals surface area (Å²) in [5.74, 6) is 0.470. The zero-order valence-corrected chi connectivity index (χ0v) is 17.3. The average Bonchev–Trinajstić information content (AvgIpc) is 3.42. The lowest BCUT2D eigenvalue weighted by Gasteiger charge is -2.02. The normalized spacial score (nSPS) is 11.0. The van der Waals surface area contributed by atoms with Crippen LogP contribution in [0.1, 0.15) is 16.1 Å². The van der Waals surface area contributed by atoms with Crippen LogP contribution in [0.3, 0.4) is 0 Å². The van der Waals surface area contributed by atoms with Gasteiger partial charge in [0.25, 0.3) is 5.91 Å². The van der Waals surface area contributed by atoms with E-state index in [4.69, 9.17) is 16.0 Å². The maximum absolute atomic E-state index is 12.6. The maximum atomic E-state index is 12.6. The van der Waals surface area contributed by atoms with Crippen molar-refractivity contribution in [3.63, 3.8) is 0 Å². The Morgan fingerprint density at radius 2 is 1.65 bits per heavy atom. The number of aromatic nitrogens is 3. The highest BCUT2D eigenvalue weighted by Gasteiger charge is 2.14. The summed E-state index contributed by atoms with van der Waals surface area (Å²) in [6.07, 6.45) is 0. The highest BCUT2D eigenvalue weighted by molar-refractivity contribution is 6.30. The number of rotatable bonds is 4. The molecule has 3 aromatic carbocycles. The zero-order valence-electron chi connectivity index (χ0n) is 16.5. The smallest absolute Gasteiger partial charge is 0.291 e. The molecule has 5 rings (SSSR count). The van der Waals surface area contributed by atoms with Crippen molar-refractivity contribution in [3.05, 3.63) is 95.2 Å². The molecule has 0 aliphatic rings. The summed E-state index contributed by atoms with van der Waals surface area (Å²) >= 11 is 5.92. The summed E-state index contributed by atoms with van der Waals surface area (Å²) in [7, 11) is 0. The van der Waals surface area contributed by atoms with Gasteiger partial charge in [-0.05, 0) is 73.7 Å². The van der Waals surface area contributed by atoms with Crippen molar-refractivity contribution in [2.24, 2.45) is 0 Å². The van der Waals surface area contributed by atoms with Crippen LogP contribution in [0.25, 0.3) is 28.0 Å². The number of aryl methyl sites for hydroxylation is 1. The first-order valence-corrected chi connectivity index (χ1v) is 10.0. The van der Waals surface area contributed by atoms with Crippen molar-refractivity contribution in [1.29, 1.82) is 0 Å². The van der Waals surface area contributed by atoms with E-state index in [2.05, 4.69) is 15.5 Å². The molecule has 0 spiro atoms. The van der Waals surface area contributed by atoms with Crippen LogP contribution in [0.2, 0.25) is 5.02 Å². The number of halogens is 1. The van der Waals surface area contributed by atoms with E-state index >= 15 is 0 Å². The van der Waals surface area contributed by atoms with E-state index in [1.165, 1.54) is 5.56 Å². The quantitative estimate of drug-likeness (QED) is 0.387. The molecule has 1 amide bonds. The van der Waals surface area contributed by atoms with Crippen molar-refractivity contribution >= 4 is 34.2 Å². The third kappa shape index (κ3) is 3.93. The minimum absolute atomic E-state index is 0.216. The molecule has 2 aromatic heterocycles. The van der Waals surface area contributed by atoms with Crippen LogP contribution in [0.5, 0.6) is 0 Å². The fourth-order valence-electron chi connectivity index (χ4n) is 3.21. The van der Waals surface area contributed by atoms with Gasteiger partial charge < -0.3 is 9.73 Å². The zero-order chi connectivity index (χ0) is 21.4. The maximum Gasteiger partial charge on any atom is 0.291 e. The molecule has 0 atom stereocenters. The number of carbonyl (C=O) groups excluding carboxylic acids is 1. The molecule has 152 valence electrons. The highest BCUT2D eigenvalue weighted by Crippen LogP contribution is 2.25. The van der Waals surface area contributed by atoms with Gasteiger partial charge in [-0.1, -0.05) is 29.3 Å². The number of nitrogens with zero attached hydrogens (tertiary/aromatic N) is 3. The Labute approximate surface area is 183 Å². The van der Waals surface area contributed by atoms with Crippen molar-refractivity contribution in [1.82, 2.24) is 15.0 Å². The number of hydrogen-bond donors (Lipinski definition) is 1. The van der Waals surface area contributed by atoms with E-state index < -0.39 is 0 Å². The molecule has 0 unspecified atom stereocenters. The highest BCUT2D eigenvalue weighted by atomic mass is 35.5. The molecule has 2 heterocycles. The van der Waals surface area contributed by atoms with Crippen LogP contribution in [0, 0.1) is 6.92 Å². The summed E-state index contributed by atoms with van der Waals surface area (Å²) in [6.45, 7) is 2.03. The lowest BCUT2D eigenvalue weighted by Crippen LogP contribution is -2.10. The molecule has 0 bridgehead atoms. The van der Waals surface area contributed by atoms with Gasteiger partial charge in [0.15, 0.2) is 5.76 Å². The van der Waals surface area contributed by atoms with E-state index in [1.807, 2.05) is 49.4 Å². The van der Waals surface area contributed by atoms with Gasteiger partial charge in [-0.25, -0.2) is 0 Å². The molecule has 0 saturated heterocycles. The Bertz CT molecular complexity index is 1390. The fourth-order valence-corrected chi connectivity index (χ4v) is 3.33. The van der Waals surface area contributed by atoms with Gasteiger partial charge in [0, 0.05) is 16.3 Å². The second kappa shape index (κ2) is 7.74. The standard InChI is InChI=1S/C24H17ClN4O2/c1-15-2-9-19(10-3-15)29-27-20-11-8-18(14-21(20)28-29)26-24(30)23-13-12-22(31-23)16-4-6-17(25)7-5-16/h2-14H,1H3,(H,26,30). The minimum atomic E-state index is -0.342. The third-order valence-electron chi connectivity index (χ3n) is 4.86. The van der Waals surface area contributed by atoms with Gasteiger partial charge >= 0.3 is 0 Å². The number of amides is 1. The van der Waals surface area contributed by atoms with Crippen molar-refractivity contribution in [2.75, 3.05) is 5.32 Å². The summed E-state index contributed by atoms with van der Waals surface area (Å²) in [5, 5.41) is 12.5. The van der Waals surface area contributed by atoms with Gasteiger partial charge in [-0.15, -0.1) is 10.2 Å². The van der Waals surface area contributed by atoms with Gasteiger partial charge in [-0.3, -0.25) is 4.79 Å². The lowest BCUT2D eigenvalue weighted by atomic mass is 10.2. The molecule has 5 aromatic rings. The summed E-state index contributed by atoms with van der Waals surface area (Å²) in [5.41, 5.74) is 4.91. The molecule has 6 nitrogen and oxygen atoms in total. The van der Waals surface area contributed by atoms with E-state index in [0.29, 0.717) is 22.0 Å². The number of benzene rings is 3. The van der Waals surface area contributed by atoms with E-state index in [1.54, 1.807) is 41.2 Å². The number of furan rings is 1. The Morgan fingerprint density at radius 1 is 0.903 bits per heavy atom. The van der Waals surface area contributed by atoms with E-state index in [9.17, 15) is 4.79 Å². The largest absolute Gasteiger partial charge is 0.451 e. The molecular formula is C24H17ClN4O2. The Morgan fingerprint density at radius 3 is 2.42 bits per heavy atom. The fraction of sp³-hybridized carbons (Fsp3) is 0.0417. The van der Waals surface area contributed by atoms with Crippen LogP contribution < -0.4 is 5.32 Å². The second-order valence-corrected chi connectivity index (χ2v) is 7.59. The van der Waals surface area contributed by atoms with Gasteiger partial charge in [0.2, 0.25) is 0 Å². The summed E-state index contributed by atoms with van der Waals surface area (Å²) in [4.78, 5) is 14.2. The topological polar surface area (TPSA) is 73.0 Å². The molecule has 0 aliphatic heterocycles. The molecule has 0 aliphatic carbocycles. The third-order valence-corrected chi connectivity index (χ3v) is 5.11. The van der Waals surface area contributed by atoms with Gasteiger partial charge in [0.05, 0.1) is 5.69 Å². The first kappa shape index (κ1) is 19.1. The SMILES string of the molecule is Cc1ccc(-n2nc3ccc(NC(=O)c4ccc(-c5ccc(Cl)cc5)o4)cc3n2)cc1. The minimum Gasteiger partial charge on any atom is -0.451 e. The van der Waals surface area contributed by atoms with Crippen LogP contribution in [-0.2, 0) is 0 Å². The van der Waals surface area contributed by atoms with E-state index in [0.717, 1.165) is 16.8 Å². The number of hydrogen-bond acceptors (Lipinski definition) is 4. The molecule has 7 heteroatoms. The average molecular weight is 429 g/mol. The predicted octanol–water partition coefficient (Wildman–Crippen LogP) is 5.89. The summed E-state index contributed by atoms with van der Waals surface area (Å²) < 4.78 is 5.72. The number of fused-ring (bicyclic) bond motifs is 1. The summed E-state index contributed by atoms with van der Waals surface area (Å²) in [6, 6.07) is 24.0. The van der Waals surface area contributed by atoms with Crippen LogP contribution in [-0.4, -0.2) is 20.9 Å². The molecule has 0 saturated carbocycles. The molecule has 1 N–H and O–H groups in total. The first-order valence-electron chi connectivity index (χ1n) is 9.66. The van der Waals surface area contributed by atoms with Crippen LogP contribution >= 0.6 is 11.6 Å². The van der Waals surface area contributed by atoms with E-state index in [-0.39, 0.29) is 11.7 Å². The van der Waals surface area contributed by atoms with Gasteiger partial charge in [0.1, 0.15) is 16.8 Å². The van der Waals surface area contributed by atoms with Crippen molar-refractivity contribution < 1.29 is 9.21 Å². The monoisotopic (exact) mass is 428 g/mol. The lowest BCUT2D eigenvalue weighted by molar-refractivity contribution is 0.0997. The van der Waals surface area contributed by atoms with Crippen molar-refractivity contribution in [3.8, 4) is 17.0 Å². The molecule has 31 heavy (non-hydrogen) atoms.